The van der Waals surface area contributed by atoms with Crippen LogP contribution in [0.1, 0.15) is 92.3 Å². The van der Waals surface area contributed by atoms with Crippen LogP contribution in [-0.2, 0) is 30.2 Å². The lowest BCUT2D eigenvalue weighted by atomic mass is 9.84. The molecular weight excluding hydrogens is 675 g/mol. The van der Waals surface area contributed by atoms with Crippen molar-refractivity contribution in [3.05, 3.63) is 35.4 Å². The Morgan fingerprint density at radius 2 is 1.40 bits per heavy atom. The summed E-state index contributed by atoms with van der Waals surface area (Å²) in [7, 11) is 0. The van der Waals surface area contributed by atoms with Crippen molar-refractivity contribution in [1.82, 2.24) is 15.5 Å². The summed E-state index contributed by atoms with van der Waals surface area (Å²) < 4.78 is 86.6. The lowest BCUT2D eigenvalue weighted by molar-refractivity contribution is -0.321. The fourth-order valence-corrected chi connectivity index (χ4v) is 5.11. The second-order valence-electron chi connectivity index (χ2n) is 14.7. The summed E-state index contributed by atoms with van der Waals surface area (Å²) in [5.41, 5.74) is -2.37. The molecule has 50 heavy (non-hydrogen) atoms. The Morgan fingerprint density at radius 1 is 0.900 bits per heavy atom. The number of amides is 2. The van der Waals surface area contributed by atoms with Gasteiger partial charge in [0.2, 0.25) is 5.96 Å². The Hall–Kier alpha value is -3.86. The quantitative estimate of drug-likeness (QED) is 0.0561. The second kappa shape index (κ2) is 16.0. The van der Waals surface area contributed by atoms with Crippen molar-refractivity contribution in [2.75, 3.05) is 6.54 Å². The molecule has 2 rings (SSSR count). The van der Waals surface area contributed by atoms with Gasteiger partial charge in [0.05, 0.1) is 6.04 Å². The summed E-state index contributed by atoms with van der Waals surface area (Å²) in [6.45, 7) is 13.6. The zero-order valence-electron chi connectivity index (χ0n) is 29.6. The number of aliphatic hydroxyl groups is 1. The van der Waals surface area contributed by atoms with E-state index >= 15 is 0 Å². The summed E-state index contributed by atoms with van der Waals surface area (Å²) >= 11 is 0. The first-order valence-electron chi connectivity index (χ1n) is 15.9. The van der Waals surface area contributed by atoms with E-state index in [2.05, 4.69) is 15.6 Å². The first kappa shape index (κ1) is 42.3. The number of rotatable bonds is 9. The maximum atomic E-state index is 14.9. The zero-order chi connectivity index (χ0) is 38.5. The van der Waals surface area contributed by atoms with E-state index in [9.17, 15) is 46.2 Å². The number of carbonyl (C=O) groups is 4. The molecule has 1 aliphatic heterocycles. The molecule has 2 amide bonds. The summed E-state index contributed by atoms with van der Waals surface area (Å²) in [4.78, 5) is 55.8. The average Bonchev–Trinajstić information content (AvgIpc) is 2.92. The van der Waals surface area contributed by atoms with Crippen LogP contribution in [-0.4, -0.2) is 94.0 Å². The molecule has 0 fully saturated rings. The first-order chi connectivity index (χ1) is 22.7. The highest BCUT2D eigenvalue weighted by molar-refractivity contribution is 6.01. The van der Waals surface area contributed by atoms with Gasteiger partial charge in [-0.05, 0) is 92.7 Å². The molecule has 0 radical (unpaired) electrons. The average molecular weight is 723 g/mol. The van der Waals surface area contributed by atoms with E-state index in [1.54, 1.807) is 53.7 Å². The summed E-state index contributed by atoms with van der Waals surface area (Å²) in [6, 6.07) is 0.943. The molecule has 12 nitrogen and oxygen atoms in total. The van der Waals surface area contributed by atoms with Crippen LogP contribution in [0.3, 0.4) is 0 Å². The minimum absolute atomic E-state index is 0.165. The van der Waals surface area contributed by atoms with Crippen molar-refractivity contribution in [1.29, 1.82) is 0 Å². The maximum Gasteiger partial charge on any atom is 0.456 e. The van der Waals surface area contributed by atoms with E-state index in [0.29, 0.717) is 11.8 Å². The number of fused-ring (bicyclic) bond motifs is 1. The molecule has 1 aliphatic rings. The van der Waals surface area contributed by atoms with Gasteiger partial charge in [0.25, 0.3) is 0 Å². The van der Waals surface area contributed by atoms with Crippen LogP contribution in [0.25, 0.3) is 0 Å². The number of carbonyl (C=O) groups excluding carboxylic acids is 4. The van der Waals surface area contributed by atoms with Crippen LogP contribution >= 0.6 is 0 Å². The lowest BCUT2D eigenvalue weighted by Crippen LogP contribution is -2.62. The van der Waals surface area contributed by atoms with E-state index in [0.717, 1.165) is 4.90 Å². The number of alkyl carbamates (subject to hydrolysis) is 2. The van der Waals surface area contributed by atoms with Crippen LogP contribution in [0.5, 0.6) is 0 Å². The number of aliphatic imine (C=N–C) groups is 1. The number of aldehydes is 1. The van der Waals surface area contributed by atoms with E-state index < -0.39 is 90.2 Å². The number of benzene rings is 1. The number of alkyl halides is 5. The topological polar surface area (TPSA) is 156 Å². The fourth-order valence-electron chi connectivity index (χ4n) is 5.11. The lowest BCUT2D eigenvalue weighted by Gasteiger charge is -2.47. The maximum absolute atomic E-state index is 14.9. The Morgan fingerprint density at radius 3 is 1.86 bits per heavy atom. The van der Waals surface area contributed by atoms with Crippen LogP contribution in [0.2, 0.25) is 0 Å². The number of hydrogen-bond donors (Lipinski definition) is 3. The van der Waals surface area contributed by atoms with E-state index in [1.807, 2.05) is 0 Å². The molecule has 1 aromatic rings. The number of halogens is 5. The number of esters is 1. The number of nitrogens with one attached hydrogen (secondary N) is 2. The Balaban J connectivity index is 2.58. The predicted octanol–water partition coefficient (Wildman–Crippen LogP) is 5.61. The summed E-state index contributed by atoms with van der Waals surface area (Å²) in [5.74, 6) is -7.20. The largest absolute Gasteiger partial charge is 0.459 e. The minimum Gasteiger partial charge on any atom is -0.459 e. The highest BCUT2D eigenvalue weighted by Gasteiger charge is 2.65. The molecule has 3 N–H and O–H groups in total. The molecule has 0 saturated heterocycles. The highest BCUT2D eigenvalue weighted by Crippen LogP contribution is 2.44. The van der Waals surface area contributed by atoms with Crippen LogP contribution in [0.15, 0.2) is 29.3 Å². The van der Waals surface area contributed by atoms with Gasteiger partial charge in [-0.1, -0.05) is 24.3 Å². The smallest absolute Gasteiger partial charge is 0.456 e. The van der Waals surface area contributed by atoms with Gasteiger partial charge in [-0.2, -0.15) is 22.0 Å². The number of ether oxygens (including phenoxy) is 3. The van der Waals surface area contributed by atoms with E-state index in [1.165, 1.54) is 32.9 Å². The summed E-state index contributed by atoms with van der Waals surface area (Å²) in [6.07, 6.45) is -12.6. The molecule has 4 unspecified atom stereocenters. The van der Waals surface area contributed by atoms with Gasteiger partial charge in [-0.15, -0.1) is 0 Å². The standard InChI is InChI=1S/C33H47F5N4O8/c1-29(2,3)48-25(45)23-21-14-11-10-13-19(21)17-20(18-43)42(23)22(24(44)32(34,35)33(36,37)38)15-12-16-39-26(40-27(46)49-30(4,5)6)41-28(47)50-31(7,8)9/h10-11,13-14,18,20,22-24,44H,12,15-17H2,1-9H3,(H2,39,40,41,46,47). The van der Waals surface area contributed by atoms with Crippen molar-refractivity contribution in [2.45, 2.75) is 135 Å². The number of aliphatic hydroxyl groups excluding tert-OH is 1. The van der Waals surface area contributed by atoms with Gasteiger partial charge >= 0.3 is 30.3 Å². The molecule has 0 aromatic heterocycles. The van der Waals surface area contributed by atoms with Gasteiger partial charge < -0.3 is 24.1 Å². The SMILES string of the molecule is CC(C)(C)OC(=O)NC(=NCCCC(C(O)C(F)(F)C(F)(F)F)N1C(C=O)Cc2ccccc2C1C(=O)OC(C)(C)C)NC(=O)OC(C)(C)C. The molecule has 0 spiro atoms. The Labute approximate surface area is 288 Å². The van der Waals surface area contributed by atoms with Crippen LogP contribution in [0.4, 0.5) is 31.5 Å². The number of hydrogen-bond acceptors (Lipinski definition) is 10. The first-order valence-corrected chi connectivity index (χ1v) is 15.9. The van der Waals surface area contributed by atoms with E-state index in [4.69, 9.17) is 14.2 Å². The third kappa shape index (κ3) is 12.2. The van der Waals surface area contributed by atoms with E-state index in [-0.39, 0.29) is 18.4 Å². The molecule has 0 bridgehead atoms. The minimum atomic E-state index is -6.20. The molecule has 4 atom stereocenters. The molecule has 282 valence electrons. The van der Waals surface area contributed by atoms with Gasteiger partial charge in [0.1, 0.15) is 35.2 Å². The Kier molecular flexibility index (Phi) is 13.5. The van der Waals surface area contributed by atoms with Crippen molar-refractivity contribution in [2.24, 2.45) is 4.99 Å². The monoisotopic (exact) mass is 722 g/mol. The van der Waals surface area contributed by atoms with Crippen molar-refractivity contribution in [3.63, 3.8) is 0 Å². The van der Waals surface area contributed by atoms with Gasteiger partial charge in [-0.3, -0.25) is 20.5 Å². The molecule has 0 aliphatic carbocycles. The van der Waals surface area contributed by atoms with Crippen LogP contribution < -0.4 is 10.6 Å². The van der Waals surface area contributed by atoms with Crippen molar-refractivity contribution in [3.8, 4) is 0 Å². The molecule has 1 heterocycles. The predicted molar refractivity (Wildman–Crippen MR) is 171 cm³/mol. The van der Waals surface area contributed by atoms with Crippen molar-refractivity contribution < 1.29 is 60.4 Å². The fraction of sp³-hybridized carbons (Fsp3) is 0.667. The molecule has 17 heteroatoms. The number of guanidine groups is 1. The second-order valence-corrected chi connectivity index (χ2v) is 14.7. The molecule has 1 aromatic carbocycles. The highest BCUT2D eigenvalue weighted by atomic mass is 19.4. The van der Waals surface area contributed by atoms with Gasteiger partial charge in [-0.25, -0.2) is 14.4 Å². The Bertz CT molecular complexity index is 1370. The van der Waals surface area contributed by atoms with Crippen LogP contribution in [0, 0.1) is 0 Å². The molecule has 0 saturated carbocycles. The van der Waals surface area contributed by atoms with Gasteiger partial charge in [0.15, 0.2) is 0 Å². The number of nitrogens with zero attached hydrogens (tertiary/aromatic N) is 2. The third-order valence-corrected chi connectivity index (χ3v) is 6.91. The zero-order valence-corrected chi connectivity index (χ0v) is 29.6. The van der Waals surface area contributed by atoms with Gasteiger partial charge in [0, 0.05) is 12.6 Å². The summed E-state index contributed by atoms with van der Waals surface area (Å²) in [5, 5.41) is 15.3. The normalized spacial score (nSPS) is 18.5. The van der Waals surface area contributed by atoms with Crippen molar-refractivity contribution >= 4 is 30.4 Å². The molecular formula is C33H47F5N4O8. The third-order valence-electron chi connectivity index (χ3n) is 6.91.